The van der Waals surface area contributed by atoms with Crippen molar-refractivity contribution in [3.8, 4) is 0 Å². The molecule has 2 heterocycles. The average Bonchev–Trinajstić information content (AvgIpc) is 3.23. The molecule has 5 nitrogen and oxygen atoms in total. The Hall–Kier alpha value is -2.58. The molecule has 2 aromatic heterocycles. The molecular formula is C18H15FN2O3S2. The zero-order chi connectivity index (χ0) is 18.7. The Morgan fingerprint density at radius 1 is 1.23 bits per heavy atom. The van der Waals surface area contributed by atoms with E-state index in [0.29, 0.717) is 15.7 Å². The molecule has 0 N–H and O–H groups in total. The van der Waals surface area contributed by atoms with Crippen LogP contribution in [0.15, 0.2) is 41.1 Å². The van der Waals surface area contributed by atoms with Crippen molar-refractivity contribution in [2.45, 2.75) is 20.5 Å². The van der Waals surface area contributed by atoms with Gasteiger partial charge in [-0.15, -0.1) is 22.7 Å². The first-order valence-corrected chi connectivity index (χ1v) is 9.44. The van der Waals surface area contributed by atoms with Gasteiger partial charge in [-0.05, 0) is 36.1 Å². The molecule has 1 amide bonds. The Morgan fingerprint density at radius 3 is 2.65 bits per heavy atom. The van der Waals surface area contributed by atoms with Crippen LogP contribution in [0.1, 0.15) is 27.9 Å². The average molecular weight is 390 g/mol. The van der Waals surface area contributed by atoms with Gasteiger partial charge in [0.2, 0.25) is 5.91 Å². The predicted octanol–water partition coefficient (Wildman–Crippen LogP) is 4.69. The number of aromatic nitrogens is 1. The minimum Gasteiger partial charge on any atom is -0.455 e. The number of thiazole rings is 1. The molecule has 134 valence electrons. The van der Waals surface area contributed by atoms with E-state index in [1.807, 2.05) is 18.4 Å². The normalized spacial score (nSPS) is 10.6. The molecule has 0 saturated heterocycles. The van der Waals surface area contributed by atoms with Crippen molar-refractivity contribution in [3.63, 3.8) is 0 Å². The Kier molecular flexibility index (Phi) is 5.43. The number of nitrogens with zero attached hydrogens (tertiary/aromatic N) is 2. The molecule has 0 fully saturated rings. The minimum absolute atomic E-state index is 0.0182. The summed E-state index contributed by atoms with van der Waals surface area (Å²) in [6.45, 7) is 3.16. The molecule has 0 aliphatic heterocycles. The lowest BCUT2D eigenvalue weighted by atomic mass is 10.3. The summed E-state index contributed by atoms with van der Waals surface area (Å²) < 4.78 is 19.3. The quantitative estimate of drug-likeness (QED) is 0.593. The van der Waals surface area contributed by atoms with E-state index in [1.54, 1.807) is 17.5 Å². The zero-order valence-electron chi connectivity index (χ0n) is 14.1. The third kappa shape index (κ3) is 3.81. The molecule has 3 rings (SSSR count). The van der Waals surface area contributed by atoms with Crippen LogP contribution in [0.2, 0.25) is 0 Å². The van der Waals surface area contributed by atoms with Gasteiger partial charge in [-0.25, -0.2) is 14.2 Å². The lowest BCUT2D eigenvalue weighted by Crippen LogP contribution is -2.23. The number of aryl methyl sites for hydroxylation is 1. The molecule has 8 heteroatoms. The summed E-state index contributed by atoms with van der Waals surface area (Å²) in [5, 5.41) is 3.83. The summed E-state index contributed by atoms with van der Waals surface area (Å²) in [7, 11) is 0. The number of halogens is 1. The molecule has 3 aromatic rings. The van der Waals surface area contributed by atoms with Crippen molar-refractivity contribution in [3.05, 3.63) is 63.0 Å². The highest BCUT2D eigenvalue weighted by molar-refractivity contribution is 7.14. The van der Waals surface area contributed by atoms with Crippen molar-refractivity contribution in [1.29, 1.82) is 0 Å². The molecule has 0 atom stereocenters. The number of carbonyl (C=O) groups excluding carboxylic acids is 2. The van der Waals surface area contributed by atoms with Crippen molar-refractivity contribution in [1.82, 2.24) is 4.98 Å². The monoisotopic (exact) mass is 390 g/mol. The summed E-state index contributed by atoms with van der Waals surface area (Å²) in [5.74, 6) is -1.29. The van der Waals surface area contributed by atoms with Crippen LogP contribution in [0.5, 0.6) is 0 Å². The maximum absolute atomic E-state index is 14.1. The molecule has 26 heavy (non-hydrogen) atoms. The molecular weight excluding hydrogens is 375 g/mol. The van der Waals surface area contributed by atoms with Crippen molar-refractivity contribution >= 4 is 45.4 Å². The number of para-hydroxylation sites is 1. The second-order valence-corrected chi connectivity index (χ2v) is 7.19. The number of carbonyl (C=O) groups is 2. The van der Waals surface area contributed by atoms with Crippen molar-refractivity contribution in [2.24, 2.45) is 0 Å². The van der Waals surface area contributed by atoms with Gasteiger partial charge in [0.15, 0.2) is 5.13 Å². The van der Waals surface area contributed by atoms with Crippen LogP contribution in [-0.2, 0) is 16.1 Å². The van der Waals surface area contributed by atoms with Crippen molar-refractivity contribution in [2.75, 3.05) is 4.90 Å². The highest BCUT2D eigenvalue weighted by Crippen LogP contribution is 2.31. The first kappa shape index (κ1) is 18.2. The third-order valence-corrected chi connectivity index (χ3v) is 5.41. The highest BCUT2D eigenvalue weighted by Gasteiger charge is 2.21. The number of anilines is 2. The molecule has 0 aliphatic rings. The van der Waals surface area contributed by atoms with Gasteiger partial charge in [0.1, 0.15) is 17.3 Å². The van der Waals surface area contributed by atoms with Crippen LogP contribution in [-0.4, -0.2) is 16.9 Å². The van der Waals surface area contributed by atoms with Crippen LogP contribution in [0.3, 0.4) is 0 Å². The molecule has 0 spiro atoms. The minimum atomic E-state index is -0.515. The molecule has 0 aliphatic carbocycles. The standard InChI is InChI=1S/C18H15FN2O3S2/c1-11-7-8-25-16(11)17(23)24-9-13-10-26-18(20-13)21(12(2)22)15-6-4-3-5-14(15)19/h3-8,10H,9H2,1-2H3. The van der Waals surface area contributed by atoms with E-state index in [-0.39, 0.29) is 18.2 Å². The van der Waals surface area contributed by atoms with Crippen LogP contribution in [0.25, 0.3) is 0 Å². The van der Waals surface area contributed by atoms with Gasteiger partial charge < -0.3 is 4.74 Å². The van der Waals surface area contributed by atoms with Crippen molar-refractivity contribution < 1.29 is 18.7 Å². The SMILES string of the molecule is CC(=O)N(c1nc(COC(=O)c2sccc2C)cs1)c1ccccc1F. The fourth-order valence-corrected chi connectivity index (χ4v) is 3.97. The lowest BCUT2D eigenvalue weighted by Gasteiger charge is -2.18. The number of ether oxygens (including phenoxy) is 1. The van der Waals surface area contributed by atoms with Gasteiger partial charge >= 0.3 is 5.97 Å². The van der Waals surface area contributed by atoms with E-state index in [9.17, 15) is 14.0 Å². The van der Waals surface area contributed by atoms with Gasteiger partial charge in [-0.3, -0.25) is 9.69 Å². The lowest BCUT2D eigenvalue weighted by molar-refractivity contribution is -0.115. The van der Waals surface area contributed by atoms with E-state index >= 15 is 0 Å². The Labute approximate surface area is 157 Å². The predicted molar refractivity (Wildman–Crippen MR) is 99.5 cm³/mol. The topological polar surface area (TPSA) is 59.5 Å². The van der Waals surface area contributed by atoms with Gasteiger partial charge in [0.05, 0.1) is 11.4 Å². The van der Waals surface area contributed by atoms with E-state index in [2.05, 4.69) is 4.98 Å². The van der Waals surface area contributed by atoms with E-state index < -0.39 is 11.8 Å². The van der Waals surface area contributed by atoms with E-state index in [1.165, 1.54) is 46.6 Å². The number of hydrogen-bond acceptors (Lipinski definition) is 6. The fourth-order valence-electron chi connectivity index (χ4n) is 2.29. The van der Waals surface area contributed by atoms with Crippen LogP contribution < -0.4 is 4.90 Å². The van der Waals surface area contributed by atoms with Gasteiger partial charge in [-0.1, -0.05) is 12.1 Å². The van der Waals surface area contributed by atoms with Gasteiger partial charge in [0, 0.05) is 12.3 Å². The van der Waals surface area contributed by atoms with Crippen LogP contribution in [0.4, 0.5) is 15.2 Å². The highest BCUT2D eigenvalue weighted by atomic mass is 32.1. The third-order valence-electron chi connectivity index (χ3n) is 3.54. The van der Waals surface area contributed by atoms with E-state index in [0.717, 1.165) is 5.56 Å². The number of rotatable bonds is 5. The molecule has 0 bridgehead atoms. The first-order chi connectivity index (χ1) is 12.5. The molecule has 0 unspecified atom stereocenters. The molecule has 1 aromatic carbocycles. The Morgan fingerprint density at radius 2 is 2.00 bits per heavy atom. The Balaban J connectivity index is 1.76. The number of benzene rings is 1. The summed E-state index contributed by atoms with van der Waals surface area (Å²) in [5.41, 5.74) is 1.49. The second-order valence-electron chi connectivity index (χ2n) is 5.44. The maximum atomic E-state index is 14.1. The summed E-state index contributed by atoms with van der Waals surface area (Å²) in [6.07, 6.45) is 0. The number of esters is 1. The maximum Gasteiger partial charge on any atom is 0.348 e. The zero-order valence-corrected chi connectivity index (χ0v) is 15.7. The summed E-state index contributed by atoms with van der Waals surface area (Å²) in [4.78, 5) is 30.1. The molecule has 0 radical (unpaired) electrons. The largest absolute Gasteiger partial charge is 0.455 e. The number of amides is 1. The smallest absolute Gasteiger partial charge is 0.348 e. The first-order valence-electron chi connectivity index (χ1n) is 7.68. The van der Waals surface area contributed by atoms with E-state index in [4.69, 9.17) is 4.74 Å². The number of hydrogen-bond donors (Lipinski definition) is 0. The van der Waals surface area contributed by atoms with Gasteiger partial charge in [0.25, 0.3) is 0 Å². The fraction of sp³-hybridized carbons (Fsp3) is 0.167. The summed E-state index contributed by atoms with van der Waals surface area (Å²) in [6, 6.07) is 7.84. The second kappa shape index (κ2) is 7.76. The van der Waals surface area contributed by atoms with Gasteiger partial charge in [-0.2, -0.15) is 0 Å². The van der Waals surface area contributed by atoms with Crippen LogP contribution in [0, 0.1) is 12.7 Å². The number of thiophene rings is 1. The van der Waals surface area contributed by atoms with Crippen LogP contribution >= 0.6 is 22.7 Å². The summed E-state index contributed by atoms with van der Waals surface area (Å²) >= 11 is 2.50. The molecule has 0 saturated carbocycles. The Bertz CT molecular complexity index is 951.